The Labute approximate surface area is 311 Å². The van der Waals surface area contributed by atoms with Crippen LogP contribution in [0.2, 0.25) is 0 Å². The van der Waals surface area contributed by atoms with Crippen LogP contribution >= 0.6 is 0 Å². The van der Waals surface area contributed by atoms with Gasteiger partial charge in [0, 0.05) is 60.9 Å². The zero-order valence-electron chi connectivity index (χ0n) is 30.6. The van der Waals surface area contributed by atoms with Crippen LogP contribution < -0.4 is 20.7 Å². The van der Waals surface area contributed by atoms with E-state index < -0.39 is 16.1 Å². The van der Waals surface area contributed by atoms with Crippen molar-refractivity contribution in [3.05, 3.63) is 148 Å². The number of sulfonamides is 1. The maximum absolute atomic E-state index is 12.8. The number of pyridine rings is 1. The van der Waals surface area contributed by atoms with E-state index in [0.29, 0.717) is 25.2 Å². The molecule has 278 valence electrons. The van der Waals surface area contributed by atoms with E-state index in [1.165, 1.54) is 12.1 Å². The molecule has 0 fully saturated rings. The van der Waals surface area contributed by atoms with Crippen molar-refractivity contribution in [2.45, 2.75) is 70.7 Å². The van der Waals surface area contributed by atoms with Crippen molar-refractivity contribution in [3.63, 3.8) is 0 Å². The maximum atomic E-state index is 12.8. The van der Waals surface area contributed by atoms with Crippen LogP contribution in [0, 0.1) is 13.8 Å². The van der Waals surface area contributed by atoms with Crippen LogP contribution in [0.3, 0.4) is 0 Å². The molecule has 2 unspecified atom stereocenters. The lowest BCUT2D eigenvalue weighted by Crippen LogP contribution is -2.32. The van der Waals surface area contributed by atoms with Gasteiger partial charge in [-0.2, -0.15) is 0 Å². The first-order valence-electron chi connectivity index (χ1n) is 17.7. The average Bonchev–Trinajstić information content (AvgIpc) is 3.49. The zero-order valence-corrected chi connectivity index (χ0v) is 31.4. The summed E-state index contributed by atoms with van der Waals surface area (Å²) in [7, 11) is -3.53. The highest BCUT2D eigenvalue weighted by Gasteiger charge is 2.14. The maximum Gasteiger partial charge on any atom is 0.251 e. The fourth-order valence-corrected chi connectivity index (χ4v) is 7.09. The number of carbonyl (C=O) groups excluding carboxylic acids is 2. The Bertz CT molecular complexity index is 2080. The smallest absolute Gasteiger partial charge is 0.251 e. The summed E-state index contributed by atoms with van der Waals surface area (Å²) in [5.41, 5.74) is 7.08. The molecule has 12 heteroatoms. The number of benzene rings is 3. The Balaban J connectivity index is 1.03. The van der Waals surface area contributed by atoms with Gasteiger partial charge in [-0.25, -0.2) is 18.1 Å². The molecule has 3 aromatic carbocycles. The molecule has 2 heterocycles. The molecule has 2 aromatic heterocycles. The molecule has 5 rings (SSSR count). The standard InChI is InChI=1S/C41H48N6O5S/c1-5-46-53(51,52)37-18-13-32(14-19-37)25-45-41(50)35-15-11-31(12-16-35)24-44-40(49)23-34-8-6-7-33(22-34)21-28(2)42-27-38(48)36-17-20-39(43-26-36)47-29(3)9-10-30(47)4/h6-20,22,26,28,38,42,46,48H,5,21,23-25,27H2,1-4H3,(H,44,49)(H,45,50). The normalized spacial score (nSPS) is 12.6. The first-order chi connectivity index (χ1) is 25.4. The average molecular weight is 737 g/mol. The summed E-state index contributed by atoms with van der Waals surface area (Å²) < 4.78 is 28.8. The minimum absolute atomic E-state index is 0.0944. The van der Waals surface area contributed by atoms with Crippen molar-refractivity contribution < 1.29 is 23.1 Å². The van der Waals surface area contributed by atoms with Gasteiger partial charge in [-0.3, -0.25) is 9.59 Å². The van der Waals surface area contributed by atoms with E-state index in [0.717, 1.165) is 51.4 Å². The second-order valence-electron chi connectivity index (χ2n) is 13.2. The molecule has 5 N–H and O–H groups in total. The van der Waals surface area contributed by atoms with E-state index >= 15 is 0 Å². The van der Waals surface area contributed by atoms with Gasteiger partial charge < -0.3 is 25.6 Å². The third-order valence-corrected chi connectivity index (χ3v) is 10.5. The molecule has 0 saturated carbocycles. The van der Waals surface area contributed by atoms with Crippen molar-refractivity contribution in [1.29, 1.82) is 0 Å². The van der Waals surface area contributed by atoms with Gasteiger partial charge in [0.1, 0.15) is 5.82 Å². The summed E-state index contributed by atoms with van der Waals surface area (Å²) in [4.78, 5) is 30.2. The Morgan fingerprint density at radius 1 is 0.811 bits per heavy atom. The van der Waals surface area contributed by atoms with Crippen LogP contribution in [0.4, 0.5) is 0 Å². The molecule has 0 aliphatic heterocycles. The number of amides is 2. The molecule has 5 aromatic rings. The molecule has 0 spiro atoms. The molecule has 0 saturated heterocycles. The molecular formula is C41H48N6O5S. The number of carbonyl (C=O) groups is 2. The van der Waals surface area contributed by atoms with Crippen molar-refractivity contribution >= 4 is 21.8 Å². The Kier molecular flexibility index (Phi) is 13.3. The van der Waals surface area contributed by atoms with Gasteiger partial charge in [0.15, 0.2) is 0 Å². The van der Waals surface area contributed by atoms with Gasteiger partial charge >= 0.3 is 0 Å². The Morgan fingerprint density at radius 3 is 2.09 bits per heavy atom. The van der Waals surface area contributed by atoms with Gasteiger partial charge in [0.2, 0.25) is 15.9 Å². The number of aliphatic hydroxyl groups excluding tert-OH is 1. The lowest BCUT2D eigenvalue weighted by molar-refractivity contribution is -0.120. The topological polar surface area (TPSA) is 154 Å². The highest BCUT2D eigenvalue weighted by molar-refractivity contribution is 7.89. The molecule has 0 aliphatic carbocycles. The quantitative estimate of drug-likeness (QED) is 0.0917. The van der Waals surface area contributed by atoms with Crippen molar-refractivity contribution in [2.24, 2.45) is 0 Å². The van der Waals surface area contributed by atoms with E-state index in [1.807, 2.05) is 50.2 Å². The highest BCUT2D eigenvalue weighted by atomic mass is 32.2. The van der Waals surface area contributed by atoms with Crippen LogP contribution in [-0.2, 0) is 40.7 Å². The van der Waals surface area contributed by atoms with Gasteiger partial charge in [0.05, 0.1) is 17.4 Å². The number of hydrogen-bond donors (Lipinski definition) is 5. The number of aromatic nitrogens is 2. The molecule has 11 nitrogen and oxygen atoms in total. The summed E-state index contributed by atoms with van der Waals surface area (Å²) >= 11 is 0. The largest absolute Gasteiger partial charge is 0.387 e. The summed E-state index contributed by atoms with van der Waals surface area (Å²) in [5.74, 6) is 0.461. The number of rotatable bonds is 17. The van der Waals surface area contributed by atoms with Gasteiger partial charge in [-0.15, -0.1) is 0 Å². The fraction of sp³-hybridized carbons (Fsp3) is 0.293. The van der Waals surface area contributed by atoms with Crippen LogP contribution in [0.1, 0.15) is 69.5 Å². The zero-order chi connectivity index (χ0) is 38.0. The van der Waals surface area contributed by atoms with E-state index in [2.05, 4.69) is 49.3 Å². The van der Waals surface area contributed by atoms with E-state index in [-0.39, 0.29) is 35.7 Å². The molecule has 0 aliphatic rings. The minimum atomic E-state index is -3.53. The highest BCUT2D eigenvalue weighted by Crippen LogP contribution is 2.18. The predicted octanol–water partition coefficient (Wildman–Crippen LogP) is 4.83. The monoisotopic (exact) mass is 736 g/mol. The predicted molar refractivity (Wildman–Crippen MR) is 206 cm³/mol. The van der Waals surface area contributed by atoms with Gasteiger partial charge in [-0.1, -0.05) is 61.5 Å². The number of nitrogens with one attached hydrogen (secondary N) is 4. The van der Waals surface area contributed by atoms with Crippen molar-refractivity contribution in [2.75, 3.05) is 13.1 Å². The number of aryl methyl sites for hydroxylation is 2. The third kappa shape index (κ3) is 10.9. The van der Waals surface area contributed by atoms with Crippen molar-refractivity contribution in [1.82, 2.24) is 30.2 Å². The molecule has 53 heavy (non-hydrogen) atoms. The first-order valence-corrected chi connectivity index (χ1v) is 19.2. The molecule has 2 atom stereocenters. The van der Waals surface area contributed by atoms with Crippen molar-refractivity contribution in [3.8, 4) is 5.82 Å². The lowest BCUT2D eigenvalue weighted by Gasteiger charge is -2.18. The van der Waals surface area contributed by atoms with Crippen LogP contribution in [0.25, 0.3) is 5.82 Å². The fourth-order valence-electron chi connectivity index (χ4n) is 6.05. The minimum Gasteiger partial charge on any atom is -0.387 e. The number of hydrogen-bond acceptors (Lipinski definition) is 7. The van der Waals surface area contributed by atoms with E-state index in [4.69, 9.17) is 0 Å². The summed E-state index contributed by atoms with van der Waals surface area (Å²) in [6.07, 6.45) is 2.01. The second kappa shape index (κ2) is 18.1. The van der Waals surface area contributed by atoms with Gasteiger partial charge in [-0.05, 0) is 91.9 Å². The second-order valence-corrected chi connectivity index (χ2v) is 15.0. The van der Waals surface area contributed by atoms with Crippen LogP contribution in [0.5, 0.6) is 0 Å². The Hall–Kier alpha value is -5.14. The lowest BCUT2D eigenvalue weighted by atomic mass is 10.0. The Morgan fingerprint density at radius 2 is 1.45 bits per heavy atom. The SMILES string of the molecule is CCNS(=O)(=O)c1ccc(CNC(=O)c2ccc(CNC(=O)Cc3cccc(CC(C)NCC(O)c4ccc(-n5c(C)ccc5C)nc4)c3)cc2)cc1. The third-order valence-electron chi connectivity index (χ3n) is 8.94. The van der Waals surface area contributed by atoms with Gasteiger partial charge in [0.25, 0.3) is 5.91 Å². The van der Waals surface area contributed by atoms with E-state index in [1.54, 1.807) is 49.5 Å². The van der Waals surface area contributed by atoms with E-state index in [9.17, 15) is 23.1 Å². The van der Waals surface area contributed by atoms with Crippen LogP contribution in [-0.4, -0.2) is 54.0 Å². The summed E-state index contributed by atoms with van der Waals surface area (Å²) in [5, 5.41) is 20.0. The molecule has 2 amide bonds. The number of aliphatic hydroxyl groups is 1. The summed E-state index contributed by atoms with van der Waals surface area (Å²) in [6.45, 7) is 9.14. The van der Waals surface area contributed by atoms with Crippen LogP contribution in [0.15, 0.2) is 108 Å². The molecular weight excluding hydrogens is 689 g/mol. The number of nitrogens with zero attached hydrogens (tertiary/aromatic N) is 2. The molecule has 0 radical (unpaired) electrons. The molecule has 0 bridgehead atoms. The summed E-state index contributed by atoms with van der Waals surface area (Å²) in [6, 6.07) is 29.4. The first kappa shape index (κ1) is 39.1.